The van der Waals surface area contributed by atoms with Crippen molar-refractivity contribution in [3.63, 3.8) is 0 Å². The SMILES string of the molecule is CCNC(Cc1ccc(Br)cc1Cl)c1cccc(Br)c1. The smallest absolute Gasteiger partial charge is 0.0449 e. The van der Waals surface area contributed by atoms with E-state index >= 15 is 0 Å². The molecule has 20 heavy (non-hydrogen) atoms. The van der Waals surface area contributed by atoms with Crippen LogP contribution in [0.4, 0.5) is 0 Å². The summed E-state index contributed by atoms with van der Waals surface area (Å²) < 4.78 is 2.11. The van der Waals surface area contributed by atoms with Crippen molar-refractivity contribution < 1.29 is 0 Å². The maximum Gasteiger partial charge on any atom is 0.0449 e. The van der Waals surface area contributed by atoms with Gasteiger partial charge in [0.1, 0.15) is 0 Å². The Hall–Kier alpha value is -0.350. The molecular weight excluding hydrogens is 401 g/mol. The third-order valence-electron chi connectivity index (χ3n) is 3.14. The molecule has 2 aromatic rings. The molecule has 0 aromatic heterocycles. The lowest BCUT2D eigenvalue weighted by Crippen LogP contribution is -2.23. The monoisotopic (exact) mass is 415 g/mol. The second-order valence-corrected chi connectivity index (χ2v) is 6.84. The molecule has 0 fully saturated rings. The highest BCUT2D eigenvalue weighted by molar-refractivity contribution is 9.10. The van der Waals surface area contributed by atoms with Crippen molar-refractivity contribution in [2.75, 3.05) is 6.54 Å². The number of rotatable bonds is 5. The van der Waals surface area contributed by atoms with Crippen LogP contribution in [0.5, 0.6) is 0 Å². The van der Waals surface area contributed by atoms with Crippen molar-refractivity contribution in [2.45, 2.75) is 19.4 Å². The summed E-state index contributed by atoms with van der Waals surface area (Å²) in [7, 11) is 0. The normalized spacial score (nSPS) is 12.4. The zero-order valence-electron chi connectivity index (χ0n) is 11.2. The maximum atomic E-state index is 6.33. The first-order chi connectivity index (χ1) is 9.60. The van der Waals surface area contributed by atoms with Gasteiger partial charge in [0.25, 0.3) is 0 Å². The van der Waals surface area contributed by atoms with Crippen LogP contribution in [-0.2, 0) is 6.42 Å². The quantitative estimate of drug-likeness (QED) is 0.652. The molecule has 0 amide bonds. The molecule has 1 atom stereocenters. The second kappa shape index (κ2) is 7.60. The summed E-state index contributed by atoms with van der Waals surface area (Å²) >= 11 is 13.3. The molecule has 2 aromatic carbocycles. The van der Waals surface area contributed by atoms with E-state index in [9.17, 15) is 0 Å². The molecule has 4 heteroatoms. The van der Waals surface area contributed by atoms with Gasteiger partial charge in [-0.05, 0) is 48.4 Å². The largest absolute Gasteiger partial charge is 0.310 e. The number of nitrogens with one attached hydrogen (secondary N) is 1. The first-order valence-electron chi connectivity index (χ1n) is 6.53. The van der Waals surface area contributed by atoms with Crippen molar-refractivity contribution >= 4 is 43.5 Å². The summed E-state index contributed by atoms with van der Waals surface area (Å²) in [5.41, 5.74) is 2.42. The third kappa shape index (κ3) is 4.32. The predicted molar refractivity (Wildman–Crippen MR) is 93.4 cm³/mol. The highest BCUT2D eigenvalue weighted by Gasteiger charge is 2.13. The zero-order chi connectivity index (χ0) is 14.5. The van der Waals surface area contributed by atoms with E-state index in [0.29, 0.717) is 0 Å². The van der Waals surface area contributed by atoms with Gasteiger partial charge in [0.15, 0.2) is 0 Å². The number of hydrogen-bond acceptors (Lipinski definition) is 1. The van der Waals surface area contributed by atoms with Crippen molar-refractivity contribution in [3.8, 4) is 0 Å². The molecule has 0 saturated heterocycles. The molecular formula is C16H16Br2ClN. The van der Waals surface area contributed by atoms with E-state index in [1.807, 2.05) is 18.2 Å². The molecule has 0 spiro atoms. The number of hydrogen-bond donors (Lipinski definition) is 1. The summed E-state index contributed by atoms with van der Waals surface area (Å²) in [6.45, 7) is 3.04. The molecule has 1 nitrogen and oxygen atoms in total. The summed E-state index contributed by atoms with van der Waals surface area (Å²) in [6.07, 6.45) is 0.871. The molecule has 0 aliphatic rings. The van der Waals surface area contributed by atoms with Crippen molar-refractivity contribution in [1.82, 2.24) is 5.32 Å². The number of benzene rings is 2. The van der Waals surface area contributed by atoms with E-state index in [0.717, 1.165) is 32.5 Å². The summed E-state index contributed by atoms with van der Waals surface area (Å²) in [5.74, 6) is 0. The standard InChI is InChI=1S/C16H16Br2ClN/c1-2-20-16(12-4-3-5-13(17)8-12)9-11-6-7-14(18)10-15(11)19/h3-8,10,16,20H,2,9H2,1H3. The van der Waals surface area contributed by atoms with Crippen molar-refractivity contribution in [2.24, 2.45) is 0 Å². The van der Waals surface area contributed by atoms with Crippen molar-refractivity contribution in [3.05, 3.63) is 67.6 Å². The third-order valence-corrected chi connectivity index (χ3v) is 4.48. The summed E-state index contributed by atoms with van der Waals surface area (Å²) in [5, 5.41) is 4.33. The Morgan fingerprint density at radius 2 is 1.85 bits per heavy atom. The van der Waals surface area contributed by atoms with E-state index in [2.05, 4.69) is 68.4 Å². The van der Waals surface area contributed by atoms with Crippen LogP contribution in [0, 0.1) is 0 Å². The van der Waals surface area contributed by atoms with E-state index in [4.69, 9.17) is 11.6 Å². The van der Waals surface area contributed by atoms with Crippen LogP contribution in [0.2, 0.25) is 5.02 Å². The van der Waals surface area contributed by atoms with E-state index < -0.39 is 0 Å². The lowest BCUT2D eigenvalue weighted by atomic mass is 9.99. The Balaban J connectivity index is 2.25. The number of likely N-dealkylation sites (N-methyl/N-ethyl adjacent to an activating group) is 1. The second-order valence-electron chi connectivity index (χ2n) is 4.61. The van der Waals surface area contributed by atoms with E-state index in [-0.39, 0.29) is 6.04 Å². The van der Waals surface area contributed by atoms with E-state index in [1.165, 1.54) is 5.56 Å². The minimum Gasteiger partial charge on any atom is -0.310 e. The summed E-state index contributed by atoms with van der Waals surface area (Å²) in [4.78, 5) is 0. The molecule has 0 heterocycles. The molecule has 0 bridgehead atoms. The van der Waals surface area contributed by atoms with Gasteiger partial charge in [-0.1, -0.05) is 68.6 Å². The van der Waals surface area contributed by atoms with Crippen LogP contribution in [0.1, 0.15) is 24.1 Å². The molecule has 1 N–H and O–H groups in total. The van der Waals surface area contributed by atoms with Gasteiger partial charge in [-0.15, -0.1) is 0 Å². The van der Waals surface area contributed by atoms with Gasteiger partial charge in [0, 0.05) is 20.0 Å². The molecule has 0 saturated carbocycles. The van der Waals surface area contributed by atoms with E-state index in [1.54, 1.807) is 0 Å². The first-order valence-corrected chi connectivity index (χ1v) is 8.49. The fraction of sp³-hybridized carbons (Fsp3) is 0.250. The fourth-order valence-corrected chi connectivity index (χ4v) is 3.35. The van der Waals surface area contributed by atoms with Crippen LogP contribution in [0.25, 0.3) is 0 Å². The topological polar surface area (TPSA) is 12.0 Å². The van der Waals surface area contributed by atoms with Gasteiger partial charge in [0.05, 0.1) is 0 Å². The molecule has 0 aliphatic carbocycles. The average Bonchev–Trinajstić information content (AvgIpc) is 2.41. The van der Waals surface area contributed by atoms with Gasteiger partial charge >= 0.3 is 0 Å². The average molecular weight is 418 g/mol. The van der Waals surface area contributed by atoms with Crippen LogP contribution in [-0.4, -0.2) is 6.54 Å². The van der Waals surface area contributed by atoms with Gasteiger partial charge in [-0.2, -0.15) is 0 Å². The van der Waals surface area contributed by atoms with Gasteiger partial charge in [0.2, 0.25) is 0 Å². The maximum absolute atomic E-state index is 6.33. The Bertz CT molecular complexity index is 586. The van der Waals surface area contributed by atoms with Crippen LogP contribution >= 0.6 is 43.5 Å². The number of halogens is 3. The Morgan fingerprint density at radius 1 is 1.10 bits per heavy atom. The lowest BCUT2D eigenvalue weighted by Gasteiger charge is -2.19. The Kier molecular flexibility index (Phi) is 6.09. The molecule has 106 valence electrons. The Labute approximate surface area is 142 Å². The van der Waals surface area contributed by atoms with Crippen LogP contribution in [0.3, 0.4) is 0 Å². The van der Waals surface area contributed by atoms with Crippen LogP contribution < -0.4 is 5.32 Å². The summed E-state index contributed by atoms with van der Waals surface area (Å²) in [6, 6.07) is 14.7. The minimum atomic E-state index is 0.260. The van der Waals surface area contributed by atoms with Crippen molar-refractivity contribution in [1.29, 1.82) is 0 Å². The van der Waals surface area contributed by atoms with Gasteiger partial charge in [-0.25, -0.2) is 0 Å². The first kappa shape index (κ1) is 16.0. The van der Waals surface area contributed by atoms with Gasteiger partial charge in [-0.3, -0.25) is 0 Å². The minimum absolute atomic E-state index is 0.260. The molecule has 1 unspecified atom stereocenters. The zero-order valence-corrected chi connectivity index (χ0v) is 15.1. The van der Waals surface area contributed by atoms with Gasteiger partial charge < -0.3 is 5.32 Å². The fourth-order valence-electron chi connectivity index (χ4n) is 2.18. The predicted octanol–water partition coefficient (Wildman–Crippen LogP) is 5.76. The molecule has 0 aliphatic heterocycles. The Morgan fingerprint density at radius 3 is 2.50 bits per heavy atom. The highest BCUT2D eigenvalue weighted by Crippen LogP contribution is 2.27. The molecule has 0 radical (unpaired) electrons. The molecule has 2 rings (SSSR count). The lowest BCUT2D eigenvalue weighted by molar-refractivity contribution is 0.549. The highest BCUT2D eigenvalue weighted by atomic mass is 79.9. The van der Waals surface area contributed by atoms with Crippen LogP contribution in [0.15, 0.2) is 51.4 Å².